The van der Waals surface area contributed by atoms with Gasteiger partial charge in [0.25, 0.3) is 0 Å². The van der Waals surface area contributed by atoms with E-state index in [2.05, 4.69) is 30.1 Å². The summed E-state index contributed by atoms with van der Waals surface area (Å²) in [6.45, 7) is 7.69. The first-order valence-corrected chi connectivity index (χ1v) is 8.17. The van der Waals surface area contributed by atoms with Gasteiger partial charge in [0.15, 0.2) is 0 Å². The Bertz CT molecular complexity index is 476. The first kappa shape index (κ1) is 16.3. The van der Waals surface area contributed by atoms with Crippen LogP contribution in [0.4, 0.5) is 0 Å². The summed E-state index contributed by atoms with van der Waals surface area (Å²) in [6.07, 6.45) is 2.06. The van der Waals surface area contributed by atoms with Crippen LogP contribution in [0.5, 0.6) is 0 Å². The lowest BCUT2D eigenvalue weighted by Crippen LogP contribution is -2.43. The molecule has 116 valence electrons. The van der Waals surface area contributed by atoms with Gasteiger partial charge >= 0.3 is 0 Å². The fraction of sp³-hybridized carbons (Fsp3) is 0.588. The third-order valence-corrected chi connectivity index (χ3v) is 4.28. The highest BCUT2D eigenvalue weighted by molar-refractivity contribution is 6.31. The lowest BCUT2D eigenvalue weighted by atomic mass is 9.96. The highest BCUT2D eigenvalue weighted by atomic mass is 35.5. The Kier molecular flexibility index (Phi) is 6.07. The molecule has 1 aliphatic rings. The fourth-order valence-corrected chi connectivity index (χ4v) is 2.93. The zero-order valence-corrected chi connectivity index (χ0v) is 13.7. The minimum atomic E-state index is 0.111. The van der Waals surface area contributed by atoms with Crippen LogP contribution in [-0.2, 0) is 11.3 Å². The van der Waals surface area contributed by atoms with Crippen molar-refractivity contribution in [3.8, 4) is 0 Å². The number of hydrogen-bond donors (Lipinski definition) is 1. The molecule has 0 radical (unpaired) electrons. The average Bonchev–Trinajstić information content (AvgIpc) is 2.47. The van der Waals surface area contributed by atoms with Crippen molar-refractivity contribution in [1.29, 1.82) is 0 Å². The molecule has 0 aliphatic carbocycles. The van der Waals surface area contributed by atoms with Gasteiger partial charge in [0.2, 0.25) is 5.91 Å². The standard InChI is InChI=1S/C17H25ClN2O/c1-13(2)10-19-17(21)15-7-5-9-20(12-15)11-14-6-3-4-8-16(14)18/h3-4,6,8,13,15H,5,7,9-12H2,1-2H3,(H,19,21). The first-order chi connectivity index (χ1) is 10.1. The van der Waals surface area contributed by atoms with Gasteiger partial charge in [-0.05, 0) is 36.9 Å². The quantitative estimate of drug-likeness (QED) is 0.905. The van der Waals surface area contributed by atoms with Crippen molar-refractivity contribution in [2.45, 2.75) is 33.2 Å². The highest BCUT2D eigenvalue weighted by Crippen LogP contribution is 2.22. The molecule has 3 nitrogen and oxygen atoms in total. The second kappa shape index (κ2) is 7.81. The predicted molar refractivity (Wildman–Crippen MR) is 87.3 cm³/mol. The SMILES string of the molecule is CC(C)CNC(=O)C1CCCN(Cc2ccccc2Cl)C1. The number of likely N-dealkylation sites (tertiary alicyclic amines) is 1. The summed E-state index contributed by atoms with van der Waals surface area (Å²) in [6, 6.07) is 7.95. The molecule has 1 unspecified atom stereocenters. The number of benzene rings is 1. The maximum atomic E-state index is 12.2. The lowest BCUT2D eigenvalue weighted by Gasteiger charge is -2.32. The van der Waals surface area contributed by atoms with Crippen molar-refractivity contribution in [3.63, 3.8) is 0 Å². The molecule has 0 aromatic heterocycles. The molecule has 4 heteroatoms. The maximum Gasteiger partial charge on any atom is 0.224 e. The van der Waals surface area contributed by atoms with Crippen LogP contribution >= 0.6 is 11.6 Å². The predicted octanol–water partition coefficient (Wildman–Crippen LogP) is 3.32. The van der Waals surface area contributed by atoms with Gasteiger partial charge in [-0.1, -0.05) is 43.6 Å². The van der Waals surface area contributed by atoms with Crippen LogP contribution in [0.1, 0.15) is 32.3 Å². The normalized spacial score (nSPS) is 19.7. The Hall–Kier alpha value is -1.06. The summed E-state index contributed by atoms with van der Waals surface area (Å²) in [7, 11) is 0. The third-order valence-electron chi connectivity index (χ3n) is 3.91. The highest BCUT2D eigenvalue weighted by Gasteiger charge is 2.25. The molecule has 1 fully saturated rings. The monoisotopic (exact) mass is 308 g/mol. The zero-order valence-electron chi connectivity index (χ0n) is 12.9. The molecule has 1 heterocycles. The molecule has 0 saturated carbocycles. The van der Waals surface area contributed by atoms with E-state index in [-0.39, 0.29) is 11.8 Å². The molecular weight excluding hydrogens is 284 g/mol. The van der Waals surface area contributed by atoms with Gasteiger partial charge in [0, 0.05) is 24.7 Å². The number of carbonyl (C=O) groups excluding carboxylic acids is 1. The van der Waals surface area contributed by atoms with Crippen molar-refractivity contribution in [2.24, 2.45) is 11.8 Å². The van der Waals surface area contributed by atoms with E-state index in [0.29, 0.717) is 5.92 Å². The summed E-state index contributed by atoms with van der Waals surface area (Å²) in [5.74, 6) is 0.810. The van der Waals surface area contributed by atoms with Gasteiger partial charge in [-0.15, -0.1) is 0 Å². The molecule has 1 saturated heterocycles. The molecule has 1 aromatic rings. The van der Waals surface area contributed by atoms with E-state index in [4.69, 9.17) is 11.6 Å². The van der Waals surface area contributed by atoms with Crippen LogP contribution in [0.25, 0.3) is 0 Å². The van der Waals surface area contributed by atoms with Gasteiger partial charge in [-0.25, -0.2) is 0 Å². The Morgan fingerprint density at radius 3 is 2.90 bits per heavy atom. The number of halogens is 1. The smallest absolute Gasteiger partial charge is 0.224 e. The summed E-state index contributed by atoms with van der Waals surface area (Å²) in [4.78, 5) is 14.5. The van der Waals surface area contributed by atoms with Crippen molar-refractivity contribution < 1.29 is 4.79 Å². The molecule has 1 aromatic carbocycles. The molecule has 2 rings (SSSR count). The summed E-state index contributed by atoms with van der Waals surface area (Å²) in [5.41, 5.74) is 1.14. The minimum absolute atomic E-state index is 0.111. The summed E-state index contributed by atoms with van der Waals surface area (Å²) < 4.78 is 0. The molecule has 21 heavy (non-hydrogen) atoms. The van der Waals surface area contributed by atoms with Gasteiger partial charge in [0.05, 0.1) is 5.92 Å². The van der Waals surface area contributed by atoms with Crippen LogP contribution in [-0.4, -0.2) is 30.4 Å². The number of hydrogen-bond acceptors (Lipinski definition) is 2. The second-order valence-electron chi connectivity index (χ2n) is 6.30. The van der Waals surface area contributed by atoms with E-state index < -0.39 is 0 Å². The van der Waals surface area contributed by atoms with E-state index in [0.717, 1.165) is 49.6 Å². The van der Waals surface area contributed by atoms with Gasteiger partial charge in [-0.2, -0.15) is 0 Å². The Morgan fingerprint density at radius 1 is 1.43 bits per heavy atom. The van der Waals surface area contributed by atoms with Gasteiger partial charge in [-0.3, -0.25) is 9.69 Å². The average molecular weight is 309 g/mol. The first-order valence-electron chi connectivity index (χ1n) is 7.79. The molecule has 0 spiro atoms. The van der Waals surface area contributed by atoms with E-state index in [1.54, 1.807) is 0 Å². The Morgan fingerprint density at radius 2 is 2.19 bits per heavy atom. The maximum absolute atomic E-state index is 12.2. The van der Waals surface area contributed by atoms with Crippen LogP contribution in [0.15, 0.2) is 24.3 Å². The van der Waals surface area contributed by atoms with Crippen molar-refractivity contribution in [3.05, 3.63) is 34.9 Å². The summed E-state index contributed by atoms with van der Waals surface area (Å²) >= 11 is 6.22. The number of nitrogens with zero attached hydrogens (tertiary/aromatic N) is 1. The molecule has 1 amide bonds. The largest absolute Gasteiger partial charge is 0.356 e. The topological polar surface area (TPSA) is 32.3 Å². The number of piperidine rings is 1. The van der Waals surface area contributed by atoms with Gasteiger partial charge < -0.3 is 5.32 Å². The van der Waals surface area contributed by atoms with Crippen LogP contribution in [0.2, 0.25) is 5.02 Å². The zero-order chi connectivity index (χ0) is 15.2. The van der Waals surface area contributed by atoms with Crippen molar-refractivity contribution in [1.82, 2.24) is 10.2 Å². The molecule has 0 bridgehead atoms. The fourth-order valence-electron chi connectivity index (χ4n) is 2.73. The number of carbonyl (C=O) groups is 1. The van der Waals surface area contributed by atoms with E-state index in [1.165, 1.54) is 0 Å². The summed E-state index contributed by atoms with van der Waals surface area (Å²) in [5, 5.41) is 3.87. The Balaban J connectivity index is 1.89. The van der Waals surface area contributed by atoms with Crippen molar-refractivity contribution >= 4 is 17.5 Å². The van der Waals surface area contributed by atoms with Crippen molar-refractivity contribution in [2.75, 3.05) is 19.6 Å². The third kappa shape index (κ3) is 5.01. The van der Waals surface area contributed by atoms with E-state index >= 15 is 0 Å². The second-order valence-corrected chi connectivity index (χ2v) is 6.71. The van der Waals surface area contributed by atoms with Gasteiger partial charge in [0.1, 0.15) is 0 Å². The molecule has 1 aliphatic heterocycles. The van der Waals surface area contributed by atoms with E-state index in [9.17, 15) is 4.79 Å². The number of rotatable bonds is 5. The molecule has 1 N–H and O–H groups in total. The molecular formula is C17H25ClN2O. The number of amides is 1. The minimum Gasteiger partial charge on any atom is -0.356 e. The molecule has 1 atom stereocenters. The Labute approximate surface area is 132 Å². The van der Waals surface area contributed by atoms with Crippen LogP contribution in [0, 0.1) is 11.8 Å². The van der Waals surface area contributed by atoms with E-state index in [1.807, 2.05) is 18.2 Å². The lowest BCUT2D eigenvalue weighted by molar-refractivity contribution is -0.126. The van der Waals surface area contributed by atoms with Crippen LogP contribution < -0.4 is 5.32 Å². The van der Waals surface area contributed by atoms with Crippen LogP contribution in [0.3, 0.4) is 0 Å². The number of nitrogens with one attached hydrogen (secondary N) is 1.